The maximum Gasteiger partial charge on any atom is 0.155 e. The van der Waals surface area contributed by atoms with Crippen molar-refractivity contribution in [2.24, 2.45) is 7.05 Å². The summed E-state index contributed by atoms with van der Waals surface area (Å²) in [6.45, 7) is 6.05. The van der Waals surface area contributed by atoms with Crippen LogP contribution in [0.25, 0.3) is 22.2 Å². The standard InChI is InChI=1S/C22H27N5O/c1-15(27-7-5-4-6-8-27)22(28)11-19-10-17-9-18(12-25-20(17)13-24-19)21-14-23-16(2)26(21)3/h9-10,12-15H,4-8,11H2,1-3H3. The van der Waals surface area contributed by atoms with Crippen molar-refractivity contribution in [1.29, 1.82) is 0 Å². The molecule has 0 spiro atoms. The van der Waals surface area contributed by atoms with E-state index in [0.717, 1.165) is 46.8 Å². The van der Waals surface area contributed by atoms with Crippen LogP contribution in [0.2, 0.25) is 0 Å². The van der Waals surface area contributed by atoms with Gasteiger partial charge in [0.15, 0.2) is 5.78 Å². The predicted molar refractivity (Wildman–Crippen MR) is 110 cm³/mol. The lowest BCUT2D eigenvalue weighted by Gasteiger charge is -2.31. The van der Waals surface area contributed by atoms with Crippen molar-refractivity contribution in [2.45, 2.75) is 45.6 Å². The summed E-state index contributed by atoms with van der Waals surface area (Å²) in [5.41, 5.74) is 3.69. The van der Waals surface area contributed by atoms with Crippen LogP contribution in [-0.2, 0) is 18.3 Å². The molecule has 0 aromatic carbocycles. The Kier molecular flexibility index (Phi) is 5.22. The zero-order valence-electron chi connectivity index (χ0n) is 16.9. The third kappa shape index (κ3) is 3.69. The van der Waals surface area contributed by atoms with Crippen molar-refractivity contribution in [3.05, 3.63) is 42.2 Å². The smallest absolute Gasteiger partial charge is 0.155 e. The van der Waals surface area contributed by atoms with E-state index in [-0.39, 0.29) is 11.8 Å². The molecule has 0 bridgehead atoms. The van der Waals surface area contributed by atoms with Gasteiger partial charge in [-0.25, -0.2) is 4.98 Å². The summed E-state index contributed by atoms with van der Waals surface area (Å²) in [5.74, 6) is 1.20. The van der Waals surface area contributed by atoms with Crippen LogP contribution in [0.5, 0.6) is 0 Å². The molecule has 1 fully saturated rings. The van der Waals surface area contributed by atoms with Gasteiger partial charge in [0.2, 0.25) is 0 Å². The van der Waals surface area contributed by atoms with E-state index in [4.69, 9.17) is 0 Å². The molecule has 1 atom stereocenters. The average Bonchev–Trinajstić information content (AvgIpc) is 3.06. The fourth-order valence-electron chi connectivity index (χ4n) is 3.92. The maximum atomic E-state index is 12.8. The lowest BCUT2D eigenvalue weighted by Crippen LogP contribution is -2.42. The molecule has 3 aromatic rings. The highest BCUT2D eigenvalue weighted by atomic mass is 16.1. The minimum Gasteiger partial charge on any atom is -0.331 e. The molecule has 6 nitrogen and oxygen atoms in total. The number of ketones is 1. The predicted octanol–water partition coefficient (Wildman–Crippen LogP) is 3.32. The normalized spacial score (nSPS) is 16.4. The number of nitrogens with zero attached hydrogens (tertiary/aromatic N) is 5. The molecule has 0 amide bonds. The molecule has 0 aliphatic carbocycles. The molecule has 6 heteroatoms. The number of Topliss-reactive ketones (excluding diaryl/α,β-unsaturated/α-hetero) is 1. The van der Waals surface area contributed by atoms with Crippen LogP contribution < -0.4 is 0 Å². The lowest BCUT2D eigenvalue weighted by atomic mass is 10.0. The molecule has 1 aliphatic rings. The van der Waals surface area contributed by atoms with E-state index >= 15 is 0 Å². The Balaban J connectivity index is 1.56. The Labute approximate surface area is 165 Å². The maximum absolute atomic E-state index is 12.8. The van der Waals surface area contributed by atoms with Crippen LogP contribution in [0.1, 0.15) is 37.7 Å². The van der Waals surface area contributed by atoms with Gasteiger partial charge in [0, 0.05) is 29.9 Å². The molecule has 4 heterocycles. The first-order chi connectivity index (χ1) is 13.5. The molecular weight excluding hydrogens is 350 g/mol. The second-order valence-electron chi connectivity index (χ2n) is 7.76. The number of hydrogen-bond acceptors (Lipinski definition) is 5. The van der Waals surface area contributed by atoms with Gasteiger partial charge in [-0.15, -0.1) is 0 Å². The summed E-state index contributed by atoms with van der Waals surface area (Å²) in [6.07, 6.45) is 9.50. The van der Waals surface area contributed by atoms with Gasteiger partial charge in [0.1, 0.15) is 5.82 Å². The van der Waals surface area contributed by atoms with Gasteiger partial charge in [-0.3, -0.25) is 19.7 Å². The highest BCUT2D eigenvalue weighted by molar-refractivity contribution is 5.87. The molecule has 0 saturated carbocycles. The van der Waals surface area contributed by atoms with Gasteiger partial charge < -0.3 is 4.57 Å². The Morgan fingerprint density at radius 3 is 2.57 bits per heavy atom. The van der Waals surface area contributed by atoms with Gasteiger partial charge in [-0.2, -0.15) is 0 Å². The minimum absolute atomic E-state index is 0.0420. The Bertz CT molecular complexity index is 1000. The van der Waals surface area contributed by atoms with Crippen LogP contribution in [0.3, 0.4) is 0 Å². The third-order valence-electron chi connectivity index (χ3n) is 5.90. The van der Waals surface area contributed by atoms with Crippen LogP contribution in [0, 0.1) is 6.92 Å². The fraction of sp³-hybridized carbons (Fsp3) is 0.455. The number of imidazole rings is 1. The molecule has 1 aliphatic heterocycles. The number of pyridine rings is 2. The fourth-order valence-corrected chi connectivity index (χ4v) is 3.92. The zero-order valence-corrected chi connectivity index (χ0v) is 16.9. The van der Waals surface area contributed by atoms with Crippen molar-refractivity contribution < 1.29 is 4.79 Å². The van der Waals surface area contributed by atoms with Crippen LogP contribution >= 0.6 is 0 Å². The summed E-state index contributed by atoms with van der Waals surface area (Å²) in [7, 11) is 2.00. The molecule has 4 rings (SSSR count). The lowest BCUT2D eigenvalue weighted by molar-refractivity contribution is -0.123. The third-order valence-corrected chi connectivity index (χ3v) is 5.90. The number of carbonyl (C=O) groups is 1. The van der Waals surface area contributed by atoms with Crippen molar-refractivity contribution >= 4 is 16.7 Å². The van der Waals surface area contributed by atoms with E-state index in [1.165, 1.54) is 19.3 Å². The molecule has 28 heavy (non-hydrogen) atoms. The minimum atomic E-state index is -0.0420. The summed E-state index contributed by atoms with van der Waals surface area (Å²) in [4.78, 5) is 28.5. The van der Waals surface area contributed by atoms with E-state index in [0.29, 0.717) is 6.42 Å². The number of piperidine rings is 1. The summed E-state index contributed by atoms with van der Waals surface area (Å²) in [5, 5.41) is 1.000. The van der Waals surface area contributed by atoms with E-state index in [1.54, 1.807) is 6.20 Å². The molecule has 0 N–H and O–H groups in total. The Hall–Kier alpha value is -2.60. The van der Waals surface area contributed by atoms with Crippen LogP contribution in [0.15, 0.2) is 30.7 Å². The van der Waals surface area contributed by atoms with Crippen molar-refractivity contribution in [3.8, 4) is 11.3 Å². The number of hydrogen-bond donors (Lipinski definition) is 0. The van der Waals surface area contributed by atoms with Gasteiger partial charge >= 0.3 is 0 Å². The van der Waals surface area contributed by atoms with E-state index in [9.17, 15) is 4.79 Å². The first-order valence-corrected chi connectivity index (χ1v) is 10.0. The number of aryl methyl sites for hydroxylation is 1. The monoisotopic (exact) mass is 377 g/mol. The van der Waals surface area contributed by atoms with E-state index in [1.807, 2.05) is 39.4 Å². The number of carbonyl (C=O) groups excluding carboxylic acids is 1. The second-order valence-corrected chi connectivity index (χ2v) is 7.76. The van der Waals surface area contributed by atoms with E-state index in [2.05, 4.69) is 30.5 Å². The molecule has 1 unspecified atom stereocenters. The first-order valence-electron chi connectivity index (χ1n) is 10.0. The van der Waals surface area contributed by atoms with Crippen molar-refractivity contribution in [3.63, 3.8) is 0 Å². The zero-order chi connectivity index (χ0) is 19.7. The van der Waals surface area contributed by atoms with Gasteiger partial charge in [0.05, 0.1) is 36.1 Å². The molecule has 1 saturated heterocycles. The van der Waals surface area contributed by atoms with Gasteiger partial charge in [-0.05, 0) is 51.9 Å². The van der Waals surface area contributed by atoms with Gasteiger partial charge in [-0.1, -0.05) is 6.42 Å². The van der Waals surface area contributed by atoms with Crippen LogP contribution in [-0.4, -0.2) is 49.3 Å². The molecular formula is C22H27N5O. The number of likely N-dealkylation sites (tertiary alicyclic amines) is 1. The quantitative estimate of drug-likeness (QED) is 0.682. The van der Waals surface area contributed by atoms with Gasteiger partial charge in [0.25, 0.3) is 0 Å². The number of aromatic nitrogens is 4. The highest BCUT2D eigenvalue weighted by Crippen LogP contribution is 2.23. The topological polar surface area (TPSA) is 63.9 Å². The van der Waals surface area contributed by atoms with E-state index < -0.39 is 0 Å². The van der Waals surface area contributed by atoms with Crippen LogP contribution in [0.4, 0.5) is 0 Å². The van der Waals surface area contributed by atoms with Crippen molar-refractivity contribution in [1.82, 2.24) is 24.4 Å². The first kappa shape index (κ1) is 18.7. The summed E-state index contributed by atoms with van der Waals surface area (Å²) in [6, 6.07) is 4.05. The number of rotatable bonds is 5. The summed E-state index contributed by atoms with van der Waals surface area (Å²) >= 11 is 0. The average molecular weight is 377 g/mol. The summed E-state index contributed by atoms with van der Waals surface area (Å²) < 4.78 is 2.05. The molecule has 3 aromatic heterocycles. The SMILES string of the molecule is Cc1ncc(-c2cnc3cnc(CC(=O)C(C)N4CCCCC4)cc3c2)n1C. The number of fused-ring (bicyclic) bond motifs is 1. The molecule has 146 valence electrons. The highest BCUT2D eigenvalue weighted by Gasteiger charge is 2.23. The Morgan fingerprint density at radius 2 is 1.86 bits per heavy atom. The Morgan fingerprint density at radius 1 is 1.07 bits per heavy atom. The molecule has 0 radical (unpaired) electrons. The second kappa shape index (κ2) is 7.80. The largest absolute Gasteiger partial charge is 0.331 e. The van der Waals surface area contributed by atoms with Crippen molar-refractivity contribution in [2.75, 3.05) is 13.1 Å².